The Kier molecular flexibility index (Phi) is 5.42. The van der Waals surface area contributed by atoms with Crippen molar-refractivity contribution in [2.24, 2.45) is 0 Å². The Morgan fingerprint density at radius 1 is 1.08 bits per heavy atom. The minimum Gasteiger partial charge on any atom is -0.473 e. The van der Waals surface area contributed by atoms with E-state index in [1.807, 2.05) is 32.0 Å². The number of hydrogen-bond acceptors (Lipinski definition) is 4. The second-order valence-electron chi connectivity index (χ2n) is 5.46. The number of benzene rings is 2. The zero-order valence-corrected chi connectivity index (χ0v) is 14.0. The molecule has 6 nitrogen and oxygen atoms in total. The molecule has 0 aliphatic rings. The maximum atomic E-state index is 12.3. The molecule has 6 heteroatoms. The Labute approximate surface area is 141 Å². The van der Waals surface area contributed by atoms with E-state index in [9.17, 15) is 9.59 Å². The third-order valence-corrected chi connectivity index (χ3v) is 3.61. The quantitative estimate of drug-likeness (QED) is 0.668. The van der Waals surface area contributed by atoms with Gasteiger partial charge in [-0.3, -0.25) is 4.79 Å². The number of ether oxygens (including phenoxy) is 1. The molecule has 0 radical (unpaired) electrons. The van der Waals surface area contributed by atoms with Crippen LogP contribution in [0.4, 0.5) is 16.2 Å². The van der Waals surface area contributed by atoms with Gasteiger partial charge in [0.15, 0.2) is 6.73 Å². The highest BCUT2D eigenvalue weighted by atomic mass is 16.5. The molecular weight excluding hydrogens is 306 g/mol. The SMILES string of the molecule is CC(=O)N(C(=O)NCOc1ccc(C)c(C)c1)c1ccc(N)cc1. The topological polar surface area (TPSA) is 84.7 Å². The van der Waals surface area contributed by atoms with Crippen LogP contribution in [-0.4, -0.2) is 18.7 Å². The predicted octanol–water partition coefficient (Wildman–Crippen LogP) is 2.98. The standard InChI is InChI=1S/C18H21N3O3/c1-12-4-9-17(10-13(12)2)24-11-20-18(23)21(14(3)22)16-7-5-15(19)6-8-16/h4-10H,11,19H2,1-3H3,(H,20,23). The van der Waals surface area contributed by atoms with Crippen LogP contribution in [0.25, 0.3) is 0 Å². The number of hydrogen-bond donors (Lipinski definition) is 2. The monoisotopic (exact) mass is 327 g/mol. The van der Waals surface area contributed by atoms with E-state index in [0.717, 1.165) is 16.0 Å². The molecule has 0 spiro atoms. The number of amides is 3. The number of nitrogen functional groups attached to an aromatic ring is 1. The number of urea groups is 1. The van der Waals surface area contributed by atoms with Gasteiger partial charge < -0.3 is 15.8 Å². The number of nitrogens with two attached hydrogens (primary N) is 1. The summed E-state index contributed by atoms with van der Waals surface area (Å²) in [6.45, 7) is 5.28. The van der Waals surface area contributed by atoms with Gasteiger partial charge in [0.25, 0.3) is 0 Å². The first-order valence-corrected chi connectivity index (χ1v) is 7.52. The van der Waals surface area contributed by atoms with Gasteiger partial charge in [-0.05, 0) is 61.4 Å². The van der Waals surface area contributed by atoms with Crippen LogP contribution in [0.3, 0.4) is 0 Å². The van der Waals surface area contributed by atoms with E-state index >= 15 is 0 Å². The van der Waals surface area contributed by atoms with E-state index < -0.39 is 11.9 Å². The molecule has 0 saturated heterocycles. The second kappa shape index (κ2) is 7.50. The van der Waals surface area contributed by atoms with Gasteiger partial charge >= 0.3 is 6.03 Å². The van der Waals surface area contributed by atoms with Crippen LogP contribution in [0.15, 0.2) is 42.5 Å². The first-order valence-electron chi connectivity index (χ1n) is 7.52. The number of nitrogens with one attached hydrogen (secondary N) is 1. The highest BCUT2D eigenvalue weighted by molar-refractivity contribution is 6.13. The van der Waals surface area contributed by atoms with Gasteiger partial charge in [-0.1, -0.05) is 6.07 Å². The summed E-state index contributed by atoms with van der Waals surface area (Å²) in [4.78, 5) is 25.1. The predicted molar refractivity (Wildman–Crippen MR) is 94.0 cm³/mol. The smallest absolute Gasteiger partial charge is 0.331 e. The zero-order chi connectivity index (χ0) is 17.7. The van der Waals surface area contributed by atoms with Crippen molar-refractivity contribution in [2.75, 3.05) is 17.4 Å². The summed E-state index contributed by atoms with van der Waals surface area (Å²) in [5.74, 6) is 0.253. The summed E-state index contributed by atoms with van der Waals surface area (Å²) in [6.07, 6.45) is 0. The lowest BCUT2D eigenvalue weighted by atomic mass is 10.1. The van der Waals surface area contributed by atoms with Crippen molar-refractivity contribution in [2.45, 2.75) is 20.8 Å². The molecule has 126 valence electrons. The average Bonchev–Trinajstić information content (AvgIpc) is 2.52. The summed E-state index contributed by atoms with van der Waals surface area (Å²) in [6, 6.07) is 11.6. The van der Waals surface area contributed by atoms with Crippen LogP contribution < -0.4 is 20.7 Å². The molecule has 3 N–H and O–H groups in total. The van der Waals surface area contributed by atoms with Crippen LogP contribution in [-0.2, 0) is 4.79 Å². The molecule has 2 aromatic rings. The van der Waals surface area contributed by atoms with Crippen molar-refractivity contribution in [3.05, 3.63) is 53.6 Å². The summed E-state index contributed by atoms with van der Waals surface area (Å²) in [5.41, 5.74) is 8.89. The molecule has 0 fully saturated rings. The Morgan fingerprint density at radius 2 is 1.75 bits per heavy atom. The fourth-order valence-corrected chi connectivity index (χ4v) is 2.13. The number of anilines is 2. The van der Waals surface area contributed by atoms with Crippen molar-refractivity contribution >= 4 is 23.3 Å². The number of carbonyl (C=O) groups is 2. The Bertz CT molecular complexity index is 742. The average molecular weight is 327 g/mol. The normalized spacial score (nSPS) is 10.1. The molecule has 0 bridgehead atoms. The Morgan fingerprint density at radius 3 is 2.33 bits per heavy atom. The second-order valence-corrected chi connectivity index (χ2v) is 5.46. The van der Waals surface area contributed by atoms with Gasteiger partial charge in [-0.25, -0.2) is 9.69 Å². The fraction of sp³-hybridized carbons (Fsp3) is 0.222. The summed E-state index contributed by atoms with van der Waals surface area (Å²) >= 11 is 0. The first kappa shape index (κ1) is 17.3. The van der Waals surface area contributed by atoms with Gasteiger partial charge in [-0.15, -0.1) is 0 Å². The molecular formula is C18H21N3O3. The largest absolute Gasteiger partial charge is 0.473 e. The van der Waals surface area contributed by atoms with Crippen molar-refractivity contribution in [3.8, 4) is 5.75 Å². The van der Waals surface area contributed by atoms with Crippen LogP contribution in [0, 0.1) is 13.8 Å². The summed E-state index contributed by atoms with van der Waals surface area (Å²) in [5, 5.41) is 2.57. The number of aryl methyl sites for hydroxylation is 2. The molecule has 2 rings (SSSR count). The zero-order valence-electron chi connectivity index (χ0n) is 14.0. The molecule has 0 unspecified atom stereocenters. The van der Waals surface area contributed by atoms with E-state index in [2.05, 4.69) is 5.32 Å². The van der Waals surface area contributed by atoms with Crippen molar-refractivity contribution in [1.29, 1.82) is 0 Å². The minimum atomic E-state index is -0.559. The van der Waals surface area contributed by atoms with Crippen LogP contribution in [0.2, 0.25) is 0 Å². The van der Waals surface area contributed by atoms with E-state index in [-0.39, 0.29) is 6.73 Å². The van der Waals surface area contributed by atoms with E-state index in [4.69, 9.17) is 10.5 Å². The van der Waals surface area contributed by atoms with Crippen LogP contribution >= 0.6 is 0 Å². The number of carbonyl (C=O) groups excluding carboxylic acids is 2. The maximum absolute atomic E-state index is 12.3. The summed E-state index contributed by atoms with van der Waals surface area (Å²) < 4.78 is 5.51. The van der Waals surface area contributed by atoms with E-state index in [1.165, 1.54) is 6.92 Å². The third-order valence-electron chi connectivity index (χ3n) is 3.61. The van der Waals surface area contributed by atoms with Gasteiger partial charge in [0.05, 0.1) is 5.69 Å². The number of rotatable bonds is 4. The van der Waals surface area contributed by atoms with E-state index in [1.54, 1.807) is 24.3 Å². The molecule has 0 aromatic heterocycles. The van der Waals surface area contributed by atoms with Gasteiger partial charge in [-0.2, -0.15) is 0 Å². The molecule has 0 saturated carbocycles. The molecule has 0 atom stereocenters. The van der Waals surface area contributed by atoms with Crippen molar-refractivity contribution in [1.82, 2.24) is 5.32 Å². The van der Waals surface area contributed by atoms with Gasteiger partial charge in [0.1, 0.15) is 5.75 Å². The Hall–Kier alpha value is -3.02. The molecule has 2 aromatic carbocycles. The molecule has 3 amide bonds. The lowest BCUT2D eigenvalue weighted by Gasteiger charge is -2.20. The summed E-state index contributed by atoms with van der Waals surface area (Å²) in [7, 11) is 0. The number of imide groups is 1. The maximum Gasteiger partial charge on any atom is 0.331 e. The fourth-order valence-electron chi connectivity index (χ4n) is 2.13. The highest BCUT2D eigenvalue weighted by Crippen LogP contribution is 2.18. The van der Waals surface area contributed by atoms with E-state index in [0.29, 0.717) is 17.1 Å². The van der Waals surface area contributed by atoms with Crippen LogP contribution in [0.1, 0.15) is 18.1 Å². The van der Waals surface area contributed by atoms with Crippen LogP contribution in [0.5, 0.6) is 5.75 Å². The molecule has 0 aliphatic carbocycles. The highest BCUT2D eigenvalue weighted by Gasteiger charge is 2.19. The number of nitrogens with zero attached hydrogens (tertiary/aromatic N) is 1. The minimum absolute atomic E-state index is 0.0416. The van der Waals surface area contributed by atoms with Crippen molar-refractivity contribution in [3.63, 3.8) is 0 Å². The molecule has 0 heterocycles. The molecule has 0 aliphatic heterocycles. The Balaban J connectivity index is 1.99. The van der Waals surface area contributed by atoms with Gasteiger partial charge in [0.2, 0.25) is 5.91 Å². The van der Waals surface area contributed by atoms with Gasteiger partial charge in [0, 0.05) is 12.6 Å². The first-order chi connectivity index (χ1) is 11.4. The lowest BCUT2D eigenvalue weighted by Crippen LogP contribution is -2.44. The van der Waals surface area contributed by atoms with Crippen molar-refractivity contribution < 1.29 is 14.3 Å². The molecule has 24 heavy (non-hydrogen) atoms. The lowest BCUT2D eigenvalue weighted by molar-refractivity contribution is -0.115. The third kappa shape index (κ3) is 4.25.